The fraction of sp³-hybridized carbons (Fsp3) is 0.500. The SMILES string of the molecule is CCCCNC(=O)CN1CCN(C(=O)c2oc3ccccc3c2C)CC1. The van der Waals surface area contributed by atoms with Crippen molar-refractivity contribution in [3.05, 3.63) is 35.6 Å². The largest absolute Gasteiger partial charge is 0.451 e. The van der Waals surface area contributed by atoms with Gasteiger partial charge in [0.1, 0.15) is 5.58 Å². The van der Waals surface area contributed by atoms with E-state index in [0.717, 1.165) is 35.9 Å². The normalized spacial score (nSPS) is 15.4. The molecule has 1 aromatic heterocycles. The average molecular weight is 357 g/mol. The molecule has 1 aliphatic rings. The lowest BCUT2D eigenvalue weighted by Gasteiger charge is -2.33. The third-order valence-corrected chi connectivity index (χ3v) is 4.92. The molecule has 1 fully saturated rings. The first-order valence-corrected chi connectivity index (χ1v) is 9.36. The van der Waals surface area contributed by atoms with Crippen molar-refractivity contribution in [3.8, 4) is 0 Å². The lowest BCUT2D eigenvalue weighted by molar-refractivity contribution is -0.122. The number of benzene rings is 1. The summed E-state index contributed by atoms with van der Waals surface area (Å²) in [6.45, 7) is 7.78. The van der Waals surface area contributed by atoms with Crippen LogP contribution in [0.1, 0.15) is 35.9 Å². The van der Waals surface area contributed by atoms with Gasteiger partial charge < -0.3 is 14.6 Å². The van der Waals surface area contributed by atoms with E-state index in [2.05, 4.69) is 17.1 Å². The fourth-order valence-corrected chi connectivity index (χ4v) is 3.29. The van der Waals surface area contributed by atoms with E-state index in [0.29, 0.717) is 38.5 Å². The van der Waals surface area contributed by atoms with E-state index >= 15 is 0 Å². The number of rotatable bonds is 6. The summed E-state index contributed by atoms with van der Waals surface area (Å²) >= 11 is 0. The Labute approximate surface area is 154 Å². The molecule has 2 heterocycles. The molecule has 1 aromatic carbocycles. The van der Waals surface area contributed by atoms with Gasteiger partial charge in [-0.25, -0.2) is 0 Å². The standard InChI is InChI=1S/C20H27N3O3/c1-3-4-9-21-18(24)14-22-10-12-23(13-11-22)20(25)19-15(2)16-7-5-6-8-17(16)26-19/h5-8H,3-4,9-14H2,1-2H3,(H,21,24). The maximum Gasteiger partial charge on any atom is 0.289 e. The predicted molar refractivity (Wildman–Crippen MR) is 101 cm³/mol. The van der Waals surface area contributed by atoms with Crippen molar-refractivity contribution in [3.63, 3.8) is 0 Å². The minimum atomic E-state index is -0.0641. The van der Waals surface area contributed by atoms with Gasteiger partial charge in [-0.15, -0.1) is 0 Å². The van der Waals surface area contributed by atoms with Crippen LogP contribution < -0.4 is 5.32 Å². The lowest BCUT2D eigenvalue weighted by Crippen LogP contribution is -2.51. The highest BCUT2D eigenvalue weighted by Crippen LogP contribution is 2.26. The van der Waals surface area contributed by atoms with Crippen LogP contribution in [0.5, 0.6) is 0 Å². The first kappa shape index (κ1) is 18.5. The van der Waals surface area contributed by atoms with Gasteiger partial charge in [0.15, 0.2) is 5.76 Å². The van der Waals surface area contributed by atoms with Gasteiger partial charge in [0, 0.05) is 43.7 Å². The van der Waals surface area contributed by atoms with Gasteiger partial charge >= 0.3 is 0 Å². The van der Waals surface area contributed by atoms with Crippen LogP contribution in [0.15, 0.2) is 28.7 Å². The molecule has 0 bridgehead atoms. The molecule has 0 spiro atoms. The predicted octanol–water partition coefficient (Wildman–Crippen LogP) is 2.42. The number of furan rings is 1. The van der Waals surface area contributed by atoms with Crippen LogP contribution in [0.25, 0.3) is 11.0 Å². The monoisotopic (exact) mass is 357 g/mol. The van der Waals surface area contributed by atoms with Crippen molar-refractivity contribution in [2.24, 2.45) is 0 Å². The Kier molecular flexibility index (Phi) is 5.93. The van der Waals surface area contributed by atoms with Gasteiger partial charge in [-0.1, -0.05) is 31.5 Å². The molecule has 26 heavy (non-hydrogen) atoms. The van der Waals surface area contributed by atoms with E-state index in [1.54, 1.807) is 0 Å². The van der Waals surface area contributed by atoms with Crippen molar-refractivity contribution < 1.29 is 14.0 Å². The Morgan fingerprint density at radius 1 is 1.15 bits per heavy atom. The quantitative estimate of drug-likeness (QED) is 0.807. The highest BCUT2D eigenvalue weighted by Gasteiger charge is 2.27. The lowest BCUT2D eigenvalue weighted by atomic mass is 10.1. The average Bonchev–Trinajstić information content (AvgIpc) is 2.99. The summed E-state index contributed by atoms with van der Waals surface area (Å²) in [6, 6.07) is 7.71. The molecule has 140 valence electrons. The topological polar surface area (TPSA) is 65.8 Å². The first-order chi connectivity index (χ1) is 12.6. The molecular formula is C20H27N3O3. The summed E-state index contributed by atoms with van der Waals surface area (Å²) in [5, 5.41) is 3.92. The number of piperazine rings is 1. The molecule has 0 unspecified atom stereocenters. The van der Waals surface area contributed by atoms with Crippen molar-refractivity contribution in [2.45, 2.75) is 26.7 Å². The van der Waals surface area contributed by atoms with Gasteiger partial charge in [-0.3, -0.25) is 14.5 Å². The number of hydrogen-bond donors (Lipinski definition) is 1. The van der Waals surface area contributed by atoms with Crippen LogP contribution in [0.4, 0.5) is 0 Å². The molecular weight excluding hydrogens is 330 g/mol. The molecule has 2 amide bonds. The summed E-state index contributed by atoms with van der Waals surface area (Å²) in [6.07, 6.45) is 2.08. The summed E-state index contributed by atoms with van der Waals surface area (Å²) in [5.74, 6) is 0.425. The van der Waals surface area contributed by atoms with E-state index in [4.69, 9.17) is 4.42 Å². The number of nitrogens with zero attached hydrogens (tertiary/aromatic N) is 2. The number of carbonyl (C=O) groups excluding carboxylic acids is 2. The van der Waals surface area contributed by atoms with Crippen LogP contribution in [0.3, 0.4) is 0 Å². The van der Waals surface area contributed by atoms with Crippen LogP contribution in [-0.2, 0) is 4.79 Å². The maximum absolute atomic E-state index is 12.8. The molecule has 1 N–H and O–H groups in total. The number of hydrogen-bond acceptors (Lipinski definition) is 4. The summed E-state index contributed by atoms with van der Waals surface area (Å²) in [5.41, 5.74) is 1.64. The number of aryl methyl sites for hydroxylation is 1. The van der Waals surface area contributed by atoms with Crippen molar-refractivity contribution >= 4 is 22.8 Å². The number of para-hydroxylation sites is 1. The second kappa shape index (κ2) is 8.36. The second-order valence-electron chi connectivity index (χ2n) is 6.82. The summed E-state index contributed by atoms with van der Waals surface area (Å²) in [7, 11) is 0. The molecule has 2 aromatic rings. The zero-order valence-corrected chi connectivity index (χ0v) is 15.6. The molecule has 0 radical (unpaired) electrons. The van der Waals surface area contributed by atoms with Gasteiger partial charge in [-0.05, 0) is 19.4 Å². The van der Waals surface area contributed by atoms with Gasteiger partial charge in [0.2, 0.25) is 5.91 Å². The van der Waals surface area contributed by atoms with Crippen LogP contribution >= 0.6 is 0 Å². The fourth-order valence-electron chi connectivity index (χ4n) is 3.29. The van der Waals surface area contributed by atoms with Crippen LogP contribution in [-0.4, -0.2) is 60.9 Å². The number of unbranched alkanes of at least 4 members (excludes halogenated alkanes) is 1. The number of fused-ring (bicyclic) bond motifs is 1. The molecule has 6 nitrogen and oxygen atoms in total. The molecule has 0 atom stereocenters. The Hall–Kier alpha value is -2.34. The van der Waals surface area contributed by atoms with Gasteiger partial charge in [-0.2, -0.15) is 0 Å². The summed E-state index contributed by atoms with van der Waals surface area (Å²) < 4.78 is 5.79. The highest BCUT2D eigenvalue weighted by atomic mass is 16.3. The Balaban J connectivity index is 1.55. The molecule has 0 aliphatic carbocycles. The van der Waals surface area contributed by atoms with E-state index in [-0.39, 0.29) is 11.8 Å². The van der Waals surface area contributed by atoms with Crippen molar-refractivity contribution in [2.75, 3.05) is 39.3 Å². The van der Waals surface area contributed by atoms with E-state index < -0.39 is 0 Å². The maximum atomic E-state index is 12.8. The molecule has 6 heteroatoms. The third-order valence-electron chi connectivity index (χ3n) is 4.92. The van der Waals surface area contributed by atoms with E-state index in [1.165, 1.54) is 0 Å². The third kappa shape index (κ3) is 4.07. The zero-order chi connectivity index (χ0) is 18.5. The Bertz CT molecular complexity index is 776. The van der Waals surface area contributed by atoms with E-state index in [9.17, 15) is 9.59 Å². The van der Waals surface area contributed by atoms with Crippen molar-refractivity contribution in [1.82, 2.24) is 15.1 Å². The molecule has 1 aliphatic heterocycles. The van der Waals surface area contributed by atoms with Crippen LogP contribution in [0.2, 0.25) is 0 Å². The second-order valence-corrected chi connectivity index (χ2v) is 6.82. The zero-order valence-electron chi connectivity index (χ0n) is 15.6. The smallest absolute Gasteiger partial charge is 0.289 e. The summed E-state index contributed by atoms with van der Waals surface area (Å²) in [4.78, 5) is 28.7. The first-order valence-electron chi connectivity index (χ1n) is 9.36. The van der Waals surface area contributed by atoms with Gasteiger partial charge in [0.05, 0.1) is 6.54 Å². The number of carbonyl (C=O) groups is 2. The highest BCUT2D eigenvalue weighted by molar-refractivity contribution is 5.99. The molecule has 0 saturated carbocycles. The Morgan fingerprint density at radius 2 is 1.88 bits per heavy atom. The van der Waals surface area contributed by atoms with E-state index in [1.807, 2.05) is 36.1 Å². The van der Waals surface area contributed by atoms with Crippen LogP contribution in [0, 0.1) is 6.92 Å². The van der Waals surface area contributed by atoms with Crippen molar-refractivity contribution in [1.29, 1.82) is 0 Å². The molecule has 1 saturated heterocycles. The molecule has 3 rings (SSSR count). The Morgan fingerprint density at radius 3 is 2.58 bits per heavy atom. The number of amides is 2. The minimum absolute atomic E-state index is 0.0614. The minimum Gasteiger partial charge on any atom is -0.451 e. The number of nitrogens with one attached hydrogen (secondary N) is 1. The van der Waals surface area contributed by atoms with Gasteiger partial charge in [0.25, 0.3) is 5.91 Å².